The highest BCUT2D eigenvalue weighted by Crippen LogP contribution is 2.19. The number of rotatable bonds is 2. The summed E-state index contributed by atoms with van der Waals surface area (Å²) in [5.41, 5.74) is -0.462. The lowest BCUT2D eigenvalue weighted by molar-refractivity contribution is -0.161. The number of methoxy groups -OCH3 is 1. The molecule has 0 saturated carbocycles. The fraction of sp³-hybridized carbons (Fsp3) is 0.833. The van der Waals surface area contributed by atoms with Gasteiger partial charge in [0.05, 0.1) is 13.0 Å². The van der Waals surface area contributed by atoms with Crippen molar-refractivity contribution < 1.29 is 19.1 Å². The van der Waals surface area contributed by atoms with Gasteiger partial charge in [-0.05, 0) is 33.6 Å². The molecule has 0 aromatic heterocycles. The molecule has 0 amide bonds. The van der Waals surface area contributed by atoms with Gasteiger partial charge in [0.2, 0.25) is 0 Å². The van der Waals surface area contributed by atoms with Gasteiger partial charge >= 0.3 is 11.9 Å². The Bertz CT molecular complexity index is 287. The van der Waals surface area contributed by atoms with Gasteiger partial charge in [0.25, 0.3) is 0 Å². The molecule has 0 aromatic carbocycles. The summed E-state index contributed by atoms with van der Waals surface area (Å²) in [6.45, 7) is 6.00. The van der Waals surface area contributed by atoms with E-state index in [2.05, 4.69) is 10.1 Å². The summed E-state index contributed by atoms with van der Waals surface area (Å²) in [6, 6.07) is -0.293. The SMILES string of the molecule is COC(=O)C1CC[C@H](C(=O)OC(C)(C)C)CN1. The van der Waals surface area contributed by atoms with E-state index in [1.165, 1.54) is 7.11 Å². The van der Waals surface area contributed by atoms with Crippen molar-refractivity contribution >= 4 is 11.9 Å². The van der Waals surface area contributed by atoms with Crippen LogP contribution < -0.4 is 5.32 Å². The number of hydrogen-bond donors (Lipinski definition) is 1. The molecule has 1 saturated heterocycles. The lowest BCUT2D eigenvalue weighted by atomic mass is 9.94. The molecule has 1 aliphatic rings. The van der Waals surface area contributed by atoms with Crippen LogP contribution in [0.25, 0.3) is 0 Å². The molecule has 5 heteroatoms. The number of carbonyl (C=O) groups is 2. The zero-order chi connectivity index (χ0) is 13.1. The van der Waals surface area contributed by atoms with Gasteiger partial charge in [-0.2, -0.15) is 0 Å². The second kappa shape index (κ2) is 5.49. The maximum absolute atomic E-state index is 11.8. The summed E-state index contributed by atoms with van der Waals surface area (Å²) < 4.78 is 9.95. The van der Waals surface area contributed by atoms with Crippen LogP contribution in [0.3, 0.4) is 0 Å². The average Bonchev–Trinajstić information content (AvgIpc) is 2.26. The number of ether oxygens (including phenoxy) is 2. The maximum Gasteiger partial charge on any atom is 0.322 e. The first kappa shape index (κ1) is 14.0. The van der Waals surface area contributed by atoms with E-state index in [0.29, 0.717) is 19.4 Å². The fourth-order valence-electron chi connectivity index (χ4n) is 1.79. The Kier molecular flexibility index (Phi) is 4.51. The minimum atomic E-state index is -0.462. The minimum absolute atomic E-state index is 0.171. The van der Waals surface area contributed by atoms with Crippen molar-refractivity contribution in [3.05, 3.63) is 0 Å². The Balaban J connectivity index is 2.42. The zero-order valence-corrected chi connectivity index (χ0v) is 10.9. The van der Waals surface area contributed by atoms with Crippen molar-refractivity contribution in [3.63, 3.8) is 0 Å². The molecule has 0 bridgehead atoms. The molecule has 0 aliphatic carbocycles. The lowest BCUT2D eigenvalue weighted by Crippen LogP contribution is -2.47. The zero-order valence-electron chi connectivity index (χ0n) is 10.9. The van der Waals surface area contributed by atoms with E-state index in [9.17, 15) is 9.59 Å². The number of carbonyl (C=O) groups excluding carboxylic acids is 2. The van der Waals surface area contributed by atoms with Crippen molar-refractivity contribution in [1.82, 2.24) is 5.32 Å². The van der Waals surface area contributed by atoms with Crippen LogP contribution in [0.15, 0.2) is 0 Å². The van der Waals surface area contributed by atoms with Crippen molar-refractivity contribution in [1.29, 1.82) is 0 Å². The molecule has 98 valence electrons. The summed E-state index contributed by atoms with van der Waals surface area (Å²) in [5.74, 6) is -0.643. The molecule has 0 radical (unpaired) electrons. The number of nitrogens with one attached hydrogen (secondary N) is 1. The van der Waals surface area contributed by atoms with Crippen LogP contribution in [0.4, 0.5) is 0 Å². The first-order chi connectivity index (χ1) is 7.83. The number of piperidine rings is 1. The molecule has 1 N–H and O–H groups in total. The van der Waals surface area contributed by atoms with Crippen LogP contribution in [0.1, 0.15) is 33.6 Å². The second-order valence-electron chi connectivity index (χ2n) is 5.29. The number of hydrogen-bond acceptors (Lipinski definition) is 5. The summed E-state index contributed by atoms with van der Waals surface area (Å²) in [4.78, 5) is 23.1. The van der Waals surface area contributed by atoms with Gasteiger partial charge in [0.15, 0.2) is 0 Å². The highest BCUT2D eigenvalue weighted by atomic mass is 16.6. The molecule has 1 rings (SSSR count). The third-order valence-corrected chi connectivity index (χ3v) is 2.64. The highest BCUT2D eigenvalue weighted by molar-refractivity contribution is 5.77. The van der Waals surface area contributed by atoms with E-state index in [1.54, 1.807) is 0 Å². The molecule has 1 heterocycles. The van der Waals surface area contributed by atoms with Crippen molar-refractivity contribution in [2.45, 2.75) is 45.3 Å². The summed E-state index contributed by atoms with van der Waals surface area (Å²) in [7, 11) is 1.37. The molecule has 2 atom stereocenters. The summed E-state index contributed by atoms with van der Waals surface area (Å²) >= 11 is 0. The van der Waals surface area contributed by atoms with Crippen LogP contribution in [-0.4, -0.2) is 37.2 Å². The third-order valence-electron chi connectivity index (χ3n) is 2.64. The quantitative estimate of drug-likeness (QED) is 0.729. The van der Waals surface area contributed by atoms with Gasteiger partial charge in [-0.3, -0.25) is 9.59 Å². The van der Waals surface area contributed by atoms with Crippen molar-refractivity contribution in [2.75, 3.05) is 13.7 Å². The van der Waals surface area contributed by atoms with Crippen molar-refractivity contribution in [3.8, 4) is 0 Å². The maximum atomic E-state index is 11.8. The van der Waals surface area contributed by atoms with Crippen molar-refractivity contribution in [2.24, 2.45) is 5.92 Å². The standard InChI is InChI=1S/C12H21NO4/c1-12(2,3)17-10(14)8-5-6-9(13-7-8)11(15)16-4/h8-9,13H,5-7H2,1-4H3/t8-,9?/m0/s1. The number of esters is 2. The Labute approximate surface area is 102 Å². The van der Waals surface area contributed by atoms with E-state index in [0.717, 1.165) is 0 Å². The van der Waals surface area contributed by atoms with E-state index in [1.807, 2.05) is 20.8 Å². The monoisotopic (exact) mass is 243 g/mol. The Morgan fingerprint density at radius 2 is 1.82 bits per heavy atom. The fourth-order valence-corrected chi connectivity index (χ4v) is 1.79. The molecule has 1 fully saturated rings. The van der Waals surface area contributed by atoms with Gasteiger partial charge < -0.3 is 14.8 Å². The van der Waals surface area contributed by atoms with Gasteiger partial charge in [0, 0.05) is 6.54 Å². The normalized spacial score (nSPS) is 25.2. The topological polar surface area (TPSA) is 64.6 Å². The molecule has 0 aromatic rings. The van der Waals surface area contributed by atoms with Crippen LogP contribution in [0.5, 0.6) is 0 Å². The Hall–Kier alpha value is -1.10. The van der Waals surface area contributed by atoms with Crippen LogP contribution in [-0.2, 0) is 19.1 Å². The van der Waals surface area contributed by atoms with E-state index in [-0.39, 0.29) is 23.9 Å². The molecular weight excluding hydrogens is 222 g/mol. The van der Waals surface area contributed by atoms with Gasteiger partial charge in [-0.15, -0.1) is 0 Å². The van der Waals surface area contributed by atoms with Gasteiger partial charge in [-0.1, -0.05) is 0 Å². The first-order valence-corrected chi connectivity index (χ1v) is 5.87. The largest absolute Gasteiger partial charge is 0.468 e. The first-order valence-electron chi connectivity index (χ1n) is 5.87. The third kappa shape index (κ3) is 4.34. The summed E-state index contributed by atoms with van der Waals surface area (Å²) in [6.07, 6.45) is 1.26. The molecule has 17 heavy (non-hydrogen) atoms. The van der Waals surface area contributed by atoms with Crippen LogP contribution >= 0.6 is 0 Å². The Morgan fingerprint density at radius 1 is 1.18 bits per heavy atom. The van der Waals surface area contributed by atoms with Crippen LogP contribution in [0, 0.1) is 5.92 Å². The van der Waals surface area contributed by atoms with E-state index in [4.69, 9.17) is 4.74 Å². The van der Waals surface area contributed by atoms with Crippen LogP contribution in [0.2, 0.25) is 0 Å². The molecule has 5 nitrogen and oxygen atoms in total. The predicted molar refractivity (Wildman–Crippen MR) is 62.4 cm³/mol. The van der Waals surface area contributed by atoms with Gasteiger partial charge in [0.1, 0.15) is 11.6 Å². The van der Waals surface area contributed by atoms with Gasteiger partial charge in [-0.25, -0.2) is 0 Å². The molecular formula is C12H21NO4. The second-order valence-corrected chi connectivity index (χ2v) is 5.29. The molecule has 1 aliphatic heterocycles. The predicted octanol–water partition coefficient (Wildman–Crippen LogP) is 0.869. The highest BCUT2D eigenvalue weighted by Gasteiger charge is 2.32. The smallest absolute Gasteiger partial charge is 0.322 e. The average molecular weight is 243 g/mol. The van der Waals surface area contributed by atoms with E-state index < -0.39 is 5.60 Å². The lowest BCUT2D eigenvalue weighted by Gasteiger charge is -2.29. The summed E-state index contributed by atoms with van der Waals surface area (Å²) in [5, 5.41) is 3.01. The molecule has 1 unspecified atom stereocenters. The van der Waals surface area contributed by atoms with E-state index >= 15 is 0 Å². The Morgan fingerprint density at radius 3 is 2.24 bits per heavy atom. The molecule has 0 spiro atoms. The minimum Gasteiger partial charge on any atom is -0.468 e.